The van der Waals surface area contributed by atoms with Gasteiger partial charge in [0.1, 0.15) is 18.1 Å². The minimum absolute atomic E-state index is 0.424. The van der Waals surface area contributed by atoms with Gasteiger partial charge in [0, 0.05) is 0 Å². The minimum Gasteiger partial charge on any atom is -0.470 e. The smallest absolute Gasteiger partial charge is 0.220 e. The Labute approximate surface area is 81.3 Å². The van der Waals surface area contributed by atoms with Crippen molar-refractivity contribution in [3.05, 3.63) is 23.7 Å². The highest BCUT2D eigenvalue weighted by Gasteiger charge is 2.00. The third-order valence-electron chi connectivity index (χ3n) is 1.29. The molecule has 0 fully saturated rings. The summed E-state index contributed by atoms with van der Waals surface area (Å²) in [4.78, 5) is 0. The van der Waals surface area contributed by atoms with E-state index in [-0.39, 0.29) is 0 Å². The highest BCUT2D eigenvalue weighted by molar-refractivity contribution is 8.22. The fraction of sp³-hybridized carbons (Fsp3) is 0.375. The third kappa shape index (κ3) is 2.87. The van der Waals surface area contributed by atoms with Crippen molar-refractivity contribution in [3.63, 3.8) is 0 Å². The number of ether oxygens (including phenoxy) is 1. The number of thiocarbonyl (C=S) groups is 1. The monoisotopic (exact) mass is 202 g/mol. The van der Waals surface area contributed by atoms with Crippen LogP contribution in [0.2, 0.25) is 0 Å². The Kier molecular flexibility index (Phi) is 3.62. The molecule has 2 nitrogen and oxygen atoms in total. The normalized spacial score (nSPS) is 9.83. The molecule has 0 unspecified atom stereocenters. The number of furan rings is 1. The van der Waals surface area contributed by atoms with E-state index in [1.54, 1.807) is 0 Å². The van der Waals surface area contributed by atoms with E-state index in [0.29, 0.717) is 11.0 Å². The Hall–Kier alpha value is -0.480. The second kappa shape index (κ2) is 4.52. The lowest BCUT2D eigenvalue weighted by Crippen LogP contribution is -1.95. The fourth-order valence-electron chi connectivity index (χ4n) is 0.752. The summed E-state index contributed by atoms with van der Waals surface area (Å²) < 4.78 is 11.0. The molecule has 0 N–H and O–H groups in total. The van der Waals surface area contributed by atoms with Gasteiger partial charge in [0.05, 0.1) is 0 Å². The summed E-state index contributed by atoms with van der Waals surface area (Å²) in [6.07, 6.45) is 1.88. The van der Waals surface area contributed by atoms with Crippen LogP contribution in [0.1, 0.15) is 11.5 Å². The van der Waals surface area contributed by atoms with Crippen molar-refractivity contribution in [2.45, 2.75) is 13.5 Å². The minimum atomic E-state index is 0.424. The summed E-state index contributed by atoms with van der Waals surface area (Å²) in [6.45, 7) is 2.32. The lowest BCUT2D eigenvalue weighted by Gasteiger charge is -2.01. The summed E-state index contributed by atoms with van der Waals surface area (Å²) in [5.41, 5.74) is 0. The molecule has 0 saturated heterocycles. The number of hydrogen-bond donors (Lipinski definition) is 0. The predicted octanol–water partition coefficient (Wildman–Crippen LogP) is 2.75. The van der Waals surface area contributed by atoms with Crippen LogP contribution in [-0.2, 0) is 11.3 Å². The van der Waals surface area contributed by atoms with Gasteiger partial charge in [0.2, 0.25) is 4.38 Å². The standard InChI is InChI=1S/C8H10O2S2/c1-6-3-4-7(10-6)5-9-8(11)12-2/h3-4H,5H2,1-2H3. The SMILES string of the molecule is CSC(=S)OCc1ccc(C)o1. The molecule has 1 rings (SSSR count). The van der Waals surface area contributed by atoms with Crippen molar-refractivity contribution < 1.29 is 9.15 Å². The summed E-state index contributed by atoms with van der Waals surface area (Å²) in [5.74, 6) is 1.70. The van der Waals surface area contributed by atoms with Gasteiger partial charge in [-0.1, -0.05) is 11.8 Å². The predicted molar refractivity (Wildman–Crippen MR) is 54.3 cm³/mol. The third-order valence-corrected chi connectivity index (χ3v) is 2.36. The second-order valence-electron chi connectivity index (χ2n) is 2.26. The topological polar surface area (TPSA) is 22.4 Å². The van der Waals surface area contributed by atoms with E-state index in [2.05, 4.69) is 0 Å². The van der Waals surface area contributed by atoms with E-state index >= 15 is 0 Å². The van der Waals surface area contributed by atoms with Crippen LogP contribution in [0.15, 0.2) is 16.5 Å². The Morgan fingerprint density at radius 2 is 2.42 bits per heavy atom. The average Bonchev–Trinajstić information content (AvgIpc) is 2.47. The lowest BCUT2D eigenvalue weighted by molar-refractivity contribution is 0.269. The second-order valence-corrected chi connectivity index (χ2v) is 3.66. The number of rotatable bonds is 2. The molecule has 66 valence electrons. The summed E-state index contributed by atoms with van der Waals surface area (Å²) in [5, 5.41) is 0. The maximum atomic E-state index is 5.28. The van der Waals surface area contributed by atoms with Gasteiger partial charge < -0.3 is 9.15 Å². The number of aryl methyl sites for hydroxylation is 1. The van der Waals surface area contributed by atoms with Crippen LogP contribution in [0.25, 0.3) is 0 Å². The van der Waals surface area contributed by atoms with Crippen LogP contribution in [0.4, 0.5) is 0 Å². The van der Waals surface area contributed by atoms with Crippen molar-refractivity contribution in [1.82, 2.24) is 0 Å². The molecule has 1 aromatic heterocycles. The van der Waals surface area contributed by atoms with E-state index in [1.165, 1.54) is 11.8 Å². The van der Waals surface area contributed by atoms with E-state index in [4.69, 9.17) is 21.4 Å². The quantitative estimate of drug-likeness (QED) is 0.688. The summed E-state index contributed by atoms with van der Waals surface area (Å²) in [7, 11) is 0. The molecule has 1 heterocycles. The Morgan fingerprint density at radius 3 is 2.92 bits per heavy atom. The van der Waals surface area contributed by atoms with Gasteiger partial charge in [0.25, 0.3) is 0 Å². The molecular weight excluding hydrogens is 192 g/mol. The molecule has 0 bridgehead atoms. The molecular formula is C8H10O2S2. The van der Waals surface area contributed by atoms with Crippen molar-refractivity contribution in [3.8, 4) is 0 Å². The van der Waals surface area contributed by atoms with E-state index < -0.39 is 0 Å². The van der Waals surface area contributed by atoms with Crippen molar-refractivity contribution in [2.24, 2.45) is 0 Å². The molecule has 1 aromatic rings. The van der Waals surface area contributed by atoms with Gasteiger partial charge in [-0.3, -0.25) is 0 Å². The average molecular weight is 202 g/mol. The Bertz CT molecular complexity index is 268. The van der Waals surface area contributed by atoms with Crippen LogP contribution < -0.4 is 0 Å². The number of thioether (sulfide) groups is 1. The maximum Gasteiger partial charge on any atom is 0.220 e. The molecule has 0 atom stereocenters. The molecule has 0 aromatic carbocycles. The summed E-state index contributed by atoms with van der Waals surface area (Å²) >= 11 is 6.28. The van der Waals surface area contributed by atoms with Gasteiger partial charge in [-0.2, -0.15) is 0 Å². The molecule has 4 heteroatoms. The molecule has 0 saturated carbocycles. The van der Waals surface area contributed by atoms with Crippen LogP contribution in [0.5, 0.6) is 0 Å². The highest BCUT2D eigenvalue weighted by Crippen LogP contribution is 2.09. The first-order valence-corrected chi connectivity index (χ1v) is 5.11. The van der Waals surface area contributed by atoms with Crippen molar-refractivity contribution in [1.29, 1.82) is 0 Å². The maximum absolute atomic E-state index is 5.28. The largest absolute Gasteiger partial charge is 0.470 e. The molecule has 0 aliphatic rings. The first kappa shape index (κ1) is 9.61. The summed E-state index contributed by atoms with van der Waals surface area (Å²) in [6, 6.07) is 3.79. The van der Waals surface area contributed by atoms with Gasteiger partial charge in [-0.25, -0.2) is 0 Å². The van der Waals surface area contributed by atoms with Crippen LogP contribution >= 0.6 is 24.0 Å². The highest BCUT2D eigenvalue weighted by atomic mass is 32.2. The first-order chi connectivity index (χ1) is 5.72. The van der Waals surface area contributed by atoms with Gasteiger partial charge >= 0.3 is 0 Å². The zero-order valence-electron chi connectivity index (χ0n) is 6.99. The van der Waals surface area contributed by atoms with Crippen LogP contribution in [0, 0.1) is 6.92 Å². The van der Waals surface area contributed by atoms with Crippen LogP contribution in [-0.4, -0.2) is 10.6 Å². The van der Waals surface area contributed by atoms with E-state index in [9.17, 15) is 0 Å². The zero-order chi connectivity index (χ0) is 8.97. The van der Waals surface area contributed by atoms with Crippen LogP contribution in [0.3, 0.4) is 0 Å². The van der Waals surface area contributed by atoms with Gasteiger partial charge in [-0.05, 0) is 37.5 Å². The van der Waals surface area contributed by atoms with Gasteiger partial charge in [-0.15, -0.1) is 0 Å². The molecule has 12 heavy (non-hydrogen) atoms. The van der Waals surface area contributed by atoms with Gasteiger partial charge in [0.15, 0.2) is 0 Å². The van der Waals surface area contributed by atoms with E-state index in [1.807, 2.05) is 25.3 Å². The molecule has 0 spiro atoms. The number of hydrogen-bond acceptors (Lipinski definition) is 4. The molecule has 0 aliphatic carbocycles. The molecule has 0 aliphatic heterocycles. The first-order valence-electron chi connectivity index (χ1n) is 3.48. The lowest BCUT2D eigenvalue weighted by atomic mass is 10.4. The van der Waals surface area contributed by atoms with Crippen molar-refractivity contribution in [2.75, 3.05) is 6.26 Å². The molecule has 0 radical (unpaired) electrons. The Balaban J connectivity index is 2.38. The van der Waals surface area contributed by atoms with Crippen molar-refractivity contribution >= 4 is 28.4 Å². The zero-order valence-corrected chi connectivity index (χ0v) is 8.63. The Morgan fingerprint density at radius 1 is 1.67 bits per heavy atom. The van der Waals surface area contributed by atoms with E-state index in [0.717, 1.165) is 11.5 Å². The molecule has 0 amide bonds. The fourth-order valence-corrected chi connectivity index (χ4v) is 0.987.